The molecule has 1 saturated carbocycles. The molecule has 0 bridgehead atoms. The second kappa shape index (κ2) is 13.5. The molecular weight excluding hydrogens is 372 g/mol. The topological polar surface area (TPSA) is 0 Å². The average molecular weight is 427 g/mol. The minimum atomic E-state index is 0.329. The van der Waals surface area contributed by atoms with Crippen LogP contribution in [0.2, 0.25) is 0 Å². The van der Waals surface area contributed by atoms with Gasteiger partial charge in [-0.3, -0.25) is 0 Å². The van der Waals surface area contributed by atoms with Gasteiger partial charge in [0.05, 0.1) is 0 Å². The Labute approximate surface area is 196 Å². The van der Waals surface area contributed by atoms with Crippen LogP contribution in [0, 0.1) is 40.9 Å². The van der Waals surface area contributed by atoms with Crippen molar-refractivity contribution in [1.29, 1.82) is 0 Å². The van der Waals surface area contributed by atoms with Crippen LogP contribution in [0.1, 0.15) is 107 Å². The molecule has 0 aromatic carbocycles. The summed E-state index contributed by atoms with van der Waals surface area (Å²) in [6.07, 6.45) is 20.5. The van der Waals surface area contributed by atoms with Crippen LogP contribution in [0.4, 0.5) is 0 Å². The molecule has 6 unspecified atom stereocenters. The zero-order valence-electron chi connectivity index (χ0n) is 22.3. The van der Waals surface area contributed by atoms with E-state index in [-0.39, 0.29) is 0 Å². The summed E-state index contributed by atoms with van der Waals surface area (Å²) in [6, 6.07) is 0. The van der Waals surface area contributed by atoms with Gasteiger partial charge < -0.3 is 0 Å². The molecule has 2 aliphatic rings. The maximum absolute atomic E-state index is 4.33. The first-order valence-electron chi connectivity index (χ1n) is 13.1. The fourth-order valence-electron chi connectivity index (χ4n) is 5.36. The highest BCUT2D eigenvalue weighted by atomic mass is 14.4. The summed E-state index contributed by atoms with van der Waals surface area (Å²) in [5.41, 5.74) is 3.00. The predicted octanol–water partition coefficient (Wildman–Crippen LogP) is 10.2. The molecule has 1 fully saturated rings. The van der Waals surface area contributed by atoms with Crippen LogP contribution in [-0.2, 0) is 0 Å². The Morgan fingerprint density at radius 1 is 1.16 bits per heavy atom. The van der Waals surface area contributed by atoms with Gasteiger partial charge in [0.1, 0.15) is 0 Å². The van der Waals surface area contributed by atoms with Gasteiger partial charge in [0, 0.05) is 0 Å². The monoisotopic (exact) mass is 426 g/mol. The van der Waals surface area contributed by atoms with Gasteiger partial charge in [0.25, 0.3) is 0 Å². The van der Waals surface area contributed by atoms with Crippen LogP contribution in [0.15, 0.2) is 48.6 Å². The molecule has 0 heterocycles. The lowest BCUT2D eigenvalue weighted by Crippen LogP contribution is -2.25. The Kier molecular flexibility index (Phi) is 12.2. The van der Waals surface area contributed by atoms with Crippen molar-refractivity contribution in [2.24, 2.45) is 40.9 Å². The molecule has 2 aliphatic carbocycles. The number of rotatable bonds is 9. The highest BCUT2D eigenvalue weighted by Gasteiger charge is 2.38. The first kappa shape index (κ1) is 28.0. The third-order valence-corrected chi connectivity index (χ3v) is 7.74. The van der Waals surface area contributed by atoms with E-state index in [2.05, 4.69) is 85.9 Å². The van der Waals surface area contributed by atoms with E-state index in [0.29, 0.717) is 11.3 Å². The maximum atomic E-state index is 4.33. The second-order valence-electron chi connectivity index (χ2n) is 11.7. The lowest BCUT2D eigenvalue weighted by molar-refractivity contribution is 0.212. The van der Waals surface area contributed by atoms with Crippen molar-refractivity contribution in [1.82, 2.24) is 0 Å². The van der Waals surface area contributed by atoms with Gasteiger partial charge in [-0.15, -0.1) is 6.58 Å². The Morgan fingerprint density at radius 2 is 1.81 bits per heavy atom. The molecule has 2 rings (SSSR count). The molecule has 0 aliphatic heterocycles. The van der Waals surface area contributed by atoms with Gasteiger partial charge in [-0.25, -0.2) is 0 Å². The minimum absolute atomic E-state index is 0.329. The van der Waals surface area contributed by atoms with Crippen LogP contribution < -0.4 is 0 Å². The zero-order valence-corrected chi connectivity index (χ0v) is 22.3. The molecule has 0 nitrogen and oxygen atoms in total. The second-order valence-corrected chi connectivity index (χ2v) is 11.7. The van der Waals surface area contributed by atoms with Crippen molar-refractivity contribution in [2.75, 3.05) is 0 Å². The summed E-state index contributed by atoms with van der Waals surface area (Å²) >= 11 is 0. The predicted molar refractivity (Wildman–Crippen MR) is 142 cm³/mol. The molecule has 178 valence electrons. The van der Waals surface area contributed by atoms with E-state index in [1.54, 1.807) is 0 Å². The van der Waals surface area contributed by atoms with E-state index >= 15 is 0 Å². The molecular formula is C31H54. The van der Waals surface area contributed by atoms with E-state index in [0.717, 1.165) is 36.0 Å². The summed E-state index contributed by atoms with van der Waals surface area (Å²) < 4.78 is 0. The van der Waals surface area contributed by atoms with E-state index < -0.39 is 0 Å². The molecule has 31 heavy (non-hydrogen) atoms. The zero-order chi connectivity index (χ0) is 23.6. The van der Waals surface area contributed by atoms with Crippen LogP contribution in [0.25, 0.3) is 0 Å². The fourth-order valence-corrected chi connectivity index (χ4v) is 5.36. The minimum Gasteiger partial charge on any atom is -0.100 e. The van der Waals surface area contributed by atoms with Crippen molar-refractivity contribution in [2.45, 2.75) is 107 Å². The molecule has 0 aromatic heterocycles. The Balaban J connectivity index is 0.000000861. The van der Waals surface area contributed by atoms with Crippen LogP contribution >= 0.6 is 0 Å². The summed E-state index contributed by atoms with van der Waals surface area (Å²) in [4.78, 5) is 0. The standard InChI is InChI=1S/C26H44.C5H10/c1-19(2)13-15-26(7,16-14-23-10-8-9-21(5)17-23)18-25-22(6)11-12-24(25)20(3)4;1-4-5(2)3/h8,10,13,15,19,21-25H,3,9,11-12,14,16-18H2,1-2,4-7H3;2,4H2,1,3H3/b15-13+;. The Hall–Kier alpha value is -1.04. The van der Waals surface area contributed by atoms with Crippen molar-refractivity contribution in [3.8, 4) is 0 Å². The summed E-state index contributed by atoms with van der Waals surface area (Å²) in [6.45, 7) is 26.4. The van der Waals surface area contributed by atoms with E-state index in [9.17, 15) is 0 Å². The molecule has 0 spiro atoms. The summed E-state index contributed by atoms with van der Waals surface area (Å²) in [5.74, 6) is 4.70. The molecule has 0 amide bonds. The SMILES string of the molecule is C=C(C)C1CCC(C)C1CC(C)(/C=C/C(C)C)CCC1C=CCC(C)C1.C=C(C)CC. The van der Waals surface area contributed by atoms with Gasteiger partial charge in [0.2, 0.25) is 0 Å². The lowest BCUT2D eigenvalue weighted by atomic mass is 9.69. The van der Waals surface area contributed by atoms with Crippen LogP contribution in [-0.4, -0.2) is 0 Å². The maximum Gasteiger partial charge on any atom is -0.0143 e. The Bertz CT molecular complexity index is 604. The highest BCUT2D eigenvalue weighted by Crippen LogP contribution is 2.48. The number of hydrogen-bond donors (Lipinski definition) is 0. The molecule has 0 heteroatoms. The first-order chi connectivity index (χ1) is 14.5. The third-order valence-electron chi connectivity index (χ3n) is 7.74. The fraction of sp³-hybridized carbons (Fsp3) is 0.742. The molecule has 0 N–H and O–H groups in total. The molecule has 0 saturated heterocycles. The molecule has 0 aromatic rings. The first-order valence-corrected chi connectivity index (χ1v) is 13.1. The van der Waals surface area contributed by atoms with Crippen LogP contribution in [0.3, 0.4) is 0 Å². The van der Waals surface area contributed by atoms with E-state index in [1.807, 2.05) is 6.92 Å². The van der Waals surface area contributed by atoms with E-state index in [4.69, 9.17) is 0 Å². The normalized spacial score (nSPS) is 30.2. The van der Waals surface area contributed by atoms with E-state index in [1.165, 1.54) is 56.1 Å². The lowest BCUT2D eigenvalue weighted by Gasteiger charge is -2.35. The van der Waals surface area contributed by atoms with Gasteiger partial charge in [-0.2, -0.15) is 0 Å². The largest absolute Gasteiger partial charge is 0.100 e. The van der Waals surface area contributed by atoms with Gasteiger partial charge >= 0.3 is 0 Å². The smallest absolute Gasteiger partial charge is 0.0143 e. The molecule has 6 atom stereocenters. The van der Waals surface area contributed by atoms with Crippen molar-refractivity contribution in [3.63, 3.8) is 0 Å². The summed E-state index contributed by atoms with van der Waals surface area (Å²) in [5, 5.41) is 0. The van der Waals surface area contributed by atoms with Gasteiger partial charge in [-0.1, -0.05) is 83.6 Å². The van der Waals surface area contributed by atoms with Crippen molar-refractivity contribution < 1.29 is 0 Å². The third kappa shape index (κ3) is 10.4. The Morgan fingerprint density at radius 3 is 2.32 bits per heavy atom. The van der Waals surface area contributed by atoms with Crippen molar-refractivity contribution >= 4 is 0 Å². The molecule has 0 radical (unpaired) electrons. The highest BCUT2D eigenvalue weighted by molar-refractivity contribution is 5.08. The van der Waals surface area contributed by atoms with Crippen molar-refractivity contribution in [3.05, 3.63) is 48.6 Å². The van der Waals surface area contributed by atoms with Crippen LogP contribution in [0.5, 0.6) is 0 Å². The quantitative estimate of drug-likeness (QED) is 0.322. The average Bonchev–Trinajstić information content (AvgIpc) is 3.06. The number of allylic oxidation sites excluding steroid dienone is 6. The number of hydrogen-bond acceptors (Lipinski definition) is 0. The van der Waals surface area contributed by atoms with Gasteiger partial charge in [-0.05, 0) is 106 Å². The summed E-state index contributed by atoms with van der Waals surface area (Å²) in [7, 11) is 0. The van der Waals surface area contributed by atoms with Gasteiger partial charge in [0.15, 0.2) is 0 Å².